The first-order valence-electron chi connectivity index (χ1n) is 6.11. The fourth-order valence-corrected chi connectivity index (χ4v) is 1.67. The monoisotopic (exact) mass is 225 g/mol. The third kappa shape index (κ3) is 6.54. The van der Waals surface area contributed by atoms with Crippen molar-refractivity contribution in [1.82, 2.24) is 0 Å². The van der Waals surface area contributed by atoms with Crippen LogP contribution < -0.4 is 0 Å². The maximum absolute atomic E-state index is 13.2. The second kappa shape index (κ2) is 8.26. The Hall–Kier alpha value is -0.920. The van der Waals surface area contributed by atoms with Gasteiger partial charge in [0, 0.05) is 5.71 Å². The average molecular weight is 225 g/mol. The number of hydrogen-bond donors (Lipinski definition) is 1. The average Bonchev–Trinajstić information content (AvgIpc) is 2.17. The zero-order valence-corrected chi connectivity index (χ0v) is 10.9. The minimum Gasteiger partial charge on any atom is -0.309 e. The van der Waals surface area contributed by atoms with Crippen molar-refractivity contribution in [3.63, 3.8) is 0 Å². The van der Waals surface area contributed by atoms with Crippen LogP contribution in [0.4, 0.5) is 4.39 Å². The third-order valence-electron chi connectivity index (χ3n) is 2.53. The van der Waals surface area contributed by atoms with E-state index in [1.165, 1.54) is 0 Å². The van der Waals surface area contributed by atoms with Gasteiger partial charge < -0.3 is 5.41 Å². The molecule has 0 aromatic heterocycles. The van der Waals surface area contributed by atoms with Crippen LogP contribution in [0.25, 0.3) is 0 Å². The Bertz CT molecular complexity index is 276. The number of allylic oxidation sites excluding steroid dienone is 4. The minimum atomic E-state index is -0.158. The van der Waals surface area contributed by atoms with Crippen molar-refractivity contribution in [2.24, 2.45) is 5.92 Å². The number of hydrogen-bond acceptors (Lipinski definition) is 1. The van der Waals surface area contributed by atoms with Crippen LogP contribution in [0.15, 0.2) is 23.6 Å². The first-order chi connectivity index (χ1) is 7.51. The summed E-state index contributed by atoms with van der Waals surface area (Å²) in [6.45, 7) is 7.96. The van der Waals surface area contributed by atoms with E-state index in [-0.39, 0.29) is 11.7 Å². The molecular weight excluding hydrogens is 201 g/mol. The largest absolute Gasteiger partial charge is 0.309 e. The third-order valence-corrected chi connectivity index (χ3v) is 2.53. The van der Waals surface area contributed by atoms with Gasteiger partial charge in [0.15, 0.2) is 0 Å². The van der Waals surface area contributed by atoms with Gasteiger partial charge in [-0.1, -0.05) is 32.8 Å². The Kier molecular flexibility index (Phi) is 7.78. The molecule has 0 fully saturated rings. The maximum atomic E-state index is 13.2. The zero-order valence-electron chi connectivity index (χ0n) is 10.9. The van der Waals surface area contributed by atoms with E-state index in [9.17, 15) is 4.39 Å². The fraction of sp³-hybridized carbons (Fsp3) is 0.643. The lowest BCUT2D eigenvalue weighted by atomic mass is 9.94. The van der Waals surface area contributed by atoms with Crippen molar-refractivity contribution >= 4 is 5.71 Å². The van der Waals surface area contributed by atoms with E-state index in [0.29, 0.717) is 0 Å². The Morgan fingerprint density at radius 3 is 2.50 bits per heavy atom. The summed E-state index contributed by atoms with van der Waals surface area (Å²) in [6.07, 6.45) is 6.52. The van der Waals surface area contributed by atoms with Gasteiger partial charge in [-0.25, -0.2) is 4.39 Å². The zero-order chi connectivity index (χ0) is 12.6. The molecule has 0 saturated carbocycles. The SMILES string of the molecule is CCC=C(F)C=C(C)CC(C)C(=N)CCC. The van der Waals surface area contributed by atoms with E-state index >= 15 is 0 Å². The van der Waals surface area contributed by atoms with Crippen LogP contribution in [0.1, 0.15) is 53.4 Å². The predicted molar refractivity (Wildman–Crippen MR) is 69.7 cm³/mol. The van der Waals surface area contributed by atoms with Crippen LogP contribution in [0, 0.1) is 11.3 Å². The van der Waals surface area contributed by atoms with E-state index in [1.54, 1.807) is 12.2 Å². The number of halogens is 1. The molecule has 16 heavy (non-hydrogen) atoms. The summed E-state index contributed by atoms with van der Waals surface area (Å²) in [7, 11) is 0. The lowest BCUT2D eigenvalue weighted by Crippen LogP contribution is -2.09. The number of nitrogens with one attached hydrogen (secondary N) is 1. The maximum Gasteiger partial charge on any atom is 0.119 e. The summed E-state index contributed by atoms with van der Waals surface area (Å²) in [5, 5.41) is 7.82. The molecule has 0 heterocycles. The van der Waals surface area contributed by atoms with Gasteiger partial charge in [-0.05, 0) is 44.3 Å². The lowest BCUT2D eigenvalue weighted by molar-refractivity contribution is 0.653. The predicted octanol–water partition coefficient (Wildman–Crippen LogP) is 5.04. The standard InChI is InChI=1S/C14H24FN/c1-5-7-13(15)10-11(3)9-12(4)14(16)8-6-2/h7,10,12,16H,5-6,8-9H2,1-4H3. The summed E-state index contributed by atoms with van der Waals surface area (Å²) < 4.78 is 13.2. The summed E-state index contributed by atoms with van der Waals surface area (Å²) in [5.74, 6) is 0.0693. The van der Waals surface area contributed by atoms with E-state index in [2.05, 4.69) is 6.92 Å². The van der Waals surface area contributed by atoms with Crippen LogP contribution in [0.5, 0.6) is 0 Å². The molecule has 0 bridgehead atoms. The molecule has 0 aliphatic carbocycles. The molecular formula is C14H24FN. The highest BCUT2D eigenvalue weighted by atomic mass is 19.1. The molecule has 2 heteroatoms. The van der Waals surface area contributed by atoms with Gasteiger partial charge in [0.1, 0.15) is 5.83 Å². The quantitative estimate of drug-likeness (QED) is 0.463. The molecule has 1 nitrogen and oxygen atoms in total. The first-order valence-corrected chi connectivity index (χ1v) is 6.11. The number of rotatable bonds is 7. The normalized spacial score (nSPS) is 15.1. The van der Waals surface area contributed by atoms with Crippen LogP contribution in [0.2, 0.25) is 0 Å². The van der Waals surface area contributed by atoms with Crippen molar-refractivity contribution in [2.45, 2.75) is 53.4 Å². The second-order valence-electron chi connectivity index (χ2n) is 4.37. The van der Waals surface area contributed by atoms with E-state index in [0.717, 1.165) is 37.0 Å². The van der Waals surface area contributed by atoms with Crippen molar-refractivity contribution in [3.05, 3.63) is 23.6 Å². The molecule has 0 rings (SSSR count). The molecule has 1 N–H and O–H groups in total. The Morgan fingerprint density at radius 2 is 2.00 bits per heavy atom. The summed E-state index contributed by atoms with van der Waals surface area (Å²) >= 11 is 0. The van der Waals surface area contributed by atoms with Crippen LogP contribution in [-0.2, 0) is 0 Å². The van der Waals surface area contributed by atoms with E-state index < -0.39 is 0 Å². The van der Waals surface area contributed by atoms with Gasteiger partial charge in [-0.3, -0.25) is 0 Å². The van der Waals surface area contributed by atoms with Gasteiger partial charge >= 0.3 is 0 Å². The van der Waals surface area contributed by atoms with Crippen molar-refractivity contribution < 1.29 is 4.39 Å². The Morgan fingerprint density at radius 1 is 1.38 bits per heavy atom. The van der Waals surface area contributed by atoms with Crippen LogP contribution >= 0.6 is 0 Å². The molecule has 0 saturated heterocycles. The molecule has 0 aromatic carbocycles. The Balaban J connectivity index is 4.28. The van der Waals surface area contributed by atoms with Crippen molar-refractivity contribution in [3.8, 4) is 0 Å². The van der Waals surface area contributed by atoms with Crippen molar-refractivity contribution in [1.29, 1.82) is 5.41 Å². The van der Waals surface area contributed by atoms with Gasteiger partial charge in [0.05, 0.1) is 0 Å². The van der Waals surface area contributed by atoms with Crippen LogP contribution in [0.3, 0.4) is 0 Å². The van der Waals surface area contributed by atoms with Gasteiger partial charge in [0.25, 0.3) is 0 Å². The van der Waals surface area contributed by atoms with Gasteiger partial charge in [0.2, 0.25) is 0 Å². The summed E-state index contributed by atoms with van der Waals surface area (Å²) in [5.41, 5.74) is 1.78. The highest BCUT2D eigenvalue weighted by Crippen LogP contribution is 2.16. The molecule has 0 aromatic rings. The smallest absolute Gasteiger partial charge is 0.119 e. The second-order valence-corrected chi connectivity index (χ2v) is 4.37. The minimum absolute atomic E-state index is 0.158. The van der Waals surface area contributed by atoms with E-state index in [1.807, 2.05) is 20.8 Å². The summed E-state index contributed by atoms with van der Waals surface area (Å²) in [4.78, 5) is 0. The molecule has 0 amide bonds. The van der Waals surface area contributed by atoms with Gasteiger partial charge in [-0.15, -0.1) is 0 Å². The fourth-order valence-electron chi connectivity index (χ4n) is 1.67. The molecule has 0 spiro atoms. The molecule has 1 unspecified atom stereocenters. The molecule has 92 valence electrons. The highest BCUT2D eigenvalue weighted by Gasteiger charge is 2.08. The van der Waals surface area contributed by atoms with Crippen molar-refractivity contribution in [2.75, 3.05) is 0 Å². The van der Waals surface area contributed by atoms with E-state index in [4.69, 9.17) is 5.41 Å². The topological polar surface area (TPSA) is 23.9 Å². The first kappa shape index (κ1) is 15.1. The molecule has 0 radical (unpaired) electrons. The Labute approximate surface area is 99.0 Å². The lowest BCUT2D eigenvalue weighted by Gasteiger charge is -2.12. The molecule has 0 aliphatic heterocycles. The van der Waals surface area contributed by atoms with Crippen LogP contribution in [-0.4, -0.2) is 5.71 Å². The molecule has 1 atom stereocenters. The highest BCUT2D eigenvalue weighted by molar-refractivity contribution is 5.83. The van der Waals surface area contributed by atoms with Gasteiger partial charge in [-0.2, -0.15) is 0 Å². The molecule has 0 aliphatic rings. The summed E-state index contributed by atoms with van der Waals surface area (Å²) in [6, 6.07) is 0.